The average Bonchev–Trinajstić information content (AvgIpc) is 3.13. The van der Waals surface area contributed by atoms with Crippen LogP contribution in [0.4, 0.5) is 18.9 Å². The zero-order valence-corrected chi connectivity index (χ0v) is 18.4. The van der Waals surface area contributed by atoms with Gasteiger partial charge in [-0.1, -0.05) is 19.9 Å². The zero-order valence-electron chi connectivity index (χ0n) is 17.5. The number of hydrogen-bond acceptors (Lipinski definition) is 5. The molecular weight excluding hydrogens is 429 g/mol. The maximum atomic E-state index is 12.6. The molecule has 0 atom stereocenters. The Morgan fingerprint density at radius 3 is 2.55 bits per heavy atom. The van der Waals surface area contributed by atoms with E-state index in [1.54, 1.807) is 18.2 Å². The molecule has 1 N–H and O–H groups in total. The number of carbonyl (C=O) groups is 1. The molecule has 0 unspecified atom stereocenters. The molecule has 5 nitrogen and oxygen atoms in total. The van der Waals surface area contributed by atoms with Crippen LogP contribution in [0.2, 0.25) is 0 Å². The van der Waals surface area contributed by atoms with Crippen molar-refractivity contribution in [2.24, 2.45) is 0 Å². The minimum absolute atomic E-state index is 0.0484. The quantitative estimate of drug-likeness (QED) is 0.446. The Kier molecular flexibility index (Phi) is 6.74. The molecule has 0 aliphatic heterocycles. The number of halogens is 3. The highest BCUT2D eigenvalue weighted by molar-refractivity contribution is 7.98. The minimum atomic E-state index is -4.46. The smallest absolute Gasteiger partial charge is 0.422 e. The van der Waals surface area contributed by atoms with Crippen LogP contribution in [0.15, 0.2) is 51.8 Å². The normalized spacial score (nSPS) is 11.7. The number of ether oxygens (including phenoxy) is 1. The highest BCUT2D eigenvalue weighted by Gasteiger charge is 2.29. The van der Waals surface area contributed by atoms with Crippen molar-refractivity contribution in [3.05, 3.63) is 53.8 Å². The van der Waals surface area contributed by atoms with E-state index >= 15 is 0 Å². The number of carbonyl (C=O) groups excluding carboxylic acids is 1. The van der Waals surface area contributed by atoms with E-state index in [1.807, 2.05) is 51.0 Å². The number of nitrogens with zero attached hydrogens (tertiary/aromatic N) is 1. The third-order valence-electron chi connectivity index (χ3n) is 4.52. The van der Waals surface area contributed by atoms with Crippen LogP contribution < -0.4 is 14.4 Å². The summed E-state index contributed by atoms with van der Waals surface area (Å²) in [7, 11) is 3.80. The molecule has 0 fully saturated rings. The van der Waals surface area contributed by atoms with Crippen LogP contribution in [-0.2, 0) is 0 Å². The van der Waals surface area contributed by atoms with Crippen molar-refractivity contribution in [3.63, 3.8) is 0 Å². The molecule has 166 valence electrons. The molecular formula is C22H23F3N2O3S. The van der Waals surface area contributed by atoms with Crippen molar-refractivity contribution in [1.29, 1.82) is 0 Å². The molecule has 0 bridgehead atoms. The Morgan fingerprint density at radius 2 is 1.90 bits per heavy atom. The largest absolute Gasteiger partial charge is 0.483 e. The van der Waals surface area contributed by atoms with Crippen molar-refractivity contribution in [1.82, 2.24) is 4.72 Å². The number of anilines is 1. The lowest BCUT2D eigenvalue weighted by Crippen LogP contribution is -2.20. The van der Waals surface area contributed by atoms with Crippen LogP contribution >= 0.6 is 11.9 Å². The average molecular weight is 452 g/mol. The summed E-state index contributed by atoms with van der Waals surface area (Å²) in [5, 5.41) is 0.775. The predicted octanol–water partition coefficient (Wildman–Crippen LogP) is 6.00. The van der Waals surface area contributed by atoms with E-state index in [1.165, 1.54) is 6.07 Å². The van der Waals surface area contributed by atoms with Gasteiger partial charge in [0.15, 0.2) is 12.4 Å². The predicted molar refractivity (Wildman–Crippen MR) is 116 cm³/mol. The lowest BCUT2D eigenvalue weighted by molar-refractivity contribution is -0.153. The summed E-state index contributed by atoms with van der Waals surface area (Å²) in [4.78, 5) is 14.9. The molecule has 9 heteroatoms. The van der Waals surface area contributed by atoms with Crippen molar-refractivity contribution >= 4 is 34.5 Å². The second-order valence-electron chi connectivity index (χ2n) is 7.53. The Morgan fingerprint density at radius 1 is 1.16 bits per heavy atom. The number of fused-ring (bicyclic) bond motifs is 1. The van der Waals surface area contributed by atoms with E-state index in [4.69, 9.17) is 9.15 Å². The molecule has 3 rings (SSSR count). The minimum Gasteiger partial charge on any atom is -0.483 e. The fourth-order valence-electron chi connectivity index (χ4n) is 2.80. The number of furan rings is 1. The molecule has 1 amide bonds. The molecule has 0 saturated heterocycles. The molecule has 2 aromatic carbocycles. The Hall–Kier alpha value is -2.81. The topological polar surface area (TPSA) is 54.7 Å². The van der Waals surface area contributed by atoms with E-state index in [0.29, 0.717) is 10.5 Å². The van der Waals surface area contributed by atoms with Crippen LogP contribution in [0, 0.1) is 0 Å². The Balaban J connectivity index is 1.78. The van der Waals surface area contributed by atoms with Crippen LogP contribution in [0.3, 0.4) is 0 Å². The number of amides is 1. The number of alkyl halides is 3. The second-order valence-corrected chi connectivity index (χ2v) is 8.37. The number of hydrogen-bond donors (Lipinski definition) is 1. The van der Waals surface area contributed by atoms with Gasteiger partial charge in [0.1, 0.15) is 11.3 Å². The first-order chi connectivity index (χ1) is 14.5. The highest BCUT2D eigenvalue weighted by Crippen LogP contribution is 2.33. The summed E-state index contributed by atoms with van der Waals surface area (Å²) in [6.07, 6.45) is -4.46. The molecule has 0 radical (unpaired) electrons. The SMILES string of the molecule is CC(C)c1ccc(OCC(F)(F)F)c(SNC(=O)c2cc3ccc(N(C)C)cc3o2)c1. The van der Waals surface area contributed by atoms with Crippen molar-refractivity contribution in [3.8, 4) is 5.75 Å². The molecule has 1 heterocycles. The van der Waals surface area contributed by atoms with Gasteiger partial charge < -0.3 is 14.1 Å². The Bertz CT molecular complexity index is 1080. The number of nitrogens with one attached hydrogen (secondary N) is 1. The van der Waals surface area contributed by atoms with Crippen molar-refractivity contribution in [2.75, 3.05) is 25.6 Å². The monoisotopic (exact) mass is 452 g/mol. The standard InChI is InChI=1S/C22H23F3N2O3S/c1-13(2)14-6-8-17(29-12-22(23,24)25)20(10-14)31-26-21(28)19-9-15-5-7-16(27(3)4)11-18(15)30-19/h5-11,13H,12H2,1-4H3,(H,26,28). The van der Waals surface area contributed by atoms with E-state index in [9.17, 15) is 18.0 Å². The lowest BCUT2D eigenvalue weighted by Gasteiger charge is -2.15. The summed E-state index contributed by atoms with van der Waals surface area (Å²) in [6.45, 7) is 2.53. The fourth-order valence-corrected chi connectivity index (χ4v) is 3.53. The summed E-state index contributed by atoms with van der Waals surface area (Å²) in [6, 6.07) is 12.1. The van der Waals surface area contributed by atoms with E-state index in [2.05, 4.69) is 4.72 Å². The number of benzene rings is 2. The molecule has 31 heavy (non-hydrogen) atoms. The summed E-state index contributed by atoms with van der Waals surface area (Å²) >= 11 is 0.890. The molecule has 0 saturated carbocycles. The van der Waals surface area contributed by atoms with Gasteiger partial charge in [0.05, 0.1) is 4.90 Å². The zero-order chi connectivity index (χ0) is 22.8. The summed E-state index contributed by atoms with van der Waals surface area (Å²) < 4.78 is 51.0. The third-order valence-corrected chi connectivity index (χ3v) is 5.35. The third kappa shape index (κ3) is 5.88. The van der Waals surface area contributed by atoms with Gasteiger partial charge in [0.2, 0.25) is 0 Å². The lowest BCUT2D eigenvalue weighted by atomic mass is 10.0. The molecule has 0 aliphatic rings. The number of rotatable bonds is 7. The van der Waals surface area contributed by atoms with Gasteiger partial charge in [-0.05, 0) is 53.8 Å². The van der Waals surface area contributed by atoms with Crippen molar-refractivity contribution in [2.45, 2.75) is 30.8 Å². The van der Waals surface area contributed by atoms with Crippen molar-refractivity contribution < 1.29 is 27.1 Å². The second kappa shape index (κ2) is 9.13. The van der Waals surface area contributed by atoms with E-state index in [-0.39, 0.29) is 17.4 Å². The summed E-state index contributed by atoms with van der Waals surface area (Å²) in [5.74, 6) is -0.180. The maximum absolute atomic E-state index is 12.6. The van der Waals surface area contributed by atoms with Crippen LogP contribution in [-0.4, -0.2) is 32.8 Å². The first-order valence-electron chi connectivity index (χ1n) is 9.55. The molecule has 0 aliphatic carbocycles. The van der Waals surface area contributed by atoms with Gasteiger partial charge >= 0.3 is 6.18 Å². The molecule has 3 aromatic rings. The maximum Gasteiger partial charge on any atom is 0.422 e. The first kappa shape index (κ1) is 22.9. The molecule has 1 aromatic heterocycles. The van der Waals surface area contributed by atoms with Gasteiger partial charge in [0, 0.05) is 31.2 Å². The fraction of sp³-hybridized carbons (Fsp3) is 0.318. The van der Waals surface area contributed by atoms with Crippen LogP contribution in [0.1, 0.15) is 35.9 Å². The summed E-state index contributed by atoms with van der Waals surface area (Å²) in [5.41, 5.74) is 2.41. The van der Waals surface area contributed by atoms with Gasteiger partial charge in [0.25, 0.3) is 5.91 Å². The van der Waals surface area contributed by atoms with Crippen LogP contribution in [0.5, 0.6) is 5.75 Å². The van der Waals surface area contributed by atoms with E-state index < -0.39 is 18.7 Å². The van der Waals surface area contributed by atoms with Gasteiger partial charge in [-0.15, -0.1) is 0 Å². The first-order valence-corrected chi connectivity index (χ1v) is 10.4. The van der Waals surface area contributed by atoms with Gasteiger partial charge in [-0.25, -0.2) is 0 Å². The van der Waals surface area contributed by atoms with Crippen LogP contribution in [0.25, 0.3) is 11.0 Å². The van der Waals surface area contributed by atoms with Gasteiger partial charge in [-0.2, -0.15) is 13.2 Å². The molecule has 0 spiro atoms. The Labute approximate surface area is 182 Å². The van der Waals surface area contributed by atoms with E-state index in [0.717, 1.165) is 28.6 Å². The van der Waals surface area contributed by atoms with Gasteiger partial charge in [-0.3, -0.25) is 9.52 Å². The highest BCUT2D eigenvalue weighted by atomic mass is 32.2.